The fourth-order valence-electron chi connectivity index (χ4n) is 2.91. The maximum Gasteiger partial charge on any atom is 0.265 e. The number of hydrogen-bond acceptors (Lipinski definition) is 5. The first-order valence-corrected chi connectivity index (χ1v) is 8.97. The van der Waals surface area contributed by atoms with Crippen LogP contribution in [-0.4, -0.2) is 28.5 Å². The van der Waals surface area contributed by atoms with Gasteiger partial charge in [-0.15, -0.1) is 11.3 Å². The van der Waals surface area contributed by atoms with Crippen molar-refractivity contribution in [1.82, 2.24) is 9.97 Å². The topological polar surface area (TPSA) is 55.3 Å². The SMILES string of the molecule is CC(C)N1C(=O)COc2ccc(-c3csc(-c4ccccn4)n3)cc21. The smallest absolute Gasteiger partial charge is 0.265 e. The standard InChI is InChI=1S/C19H17N3O2S/c1-12(2)22-16-9-13(6-7-17(16)24-10-18(22)23)15-11-25-19(21-15)14-5-3-4-8-20-14/h3-9,11-12H,10H2,1-2H3. The van der Waals surface area contributed by atoms with E-state index in [1.165, 1.54) is 0 Å². The lowest BCUT2D eigenvalue weighted by Crippen LogP contribution is -2.43. The number of pyridine rings is 1. The number of hydrogen-bond donors (Lipinski definition) is 0. The van der Waals surface area contributed by atoms with E-state index in [0.717, 1.165) is 33.4 Å². The van der Waals surface area contributed by atoms with Gasteiger partial charge in [0.1, 0.15) is 10.8 Å². The Bertz CT molecular complexity index is 921. The Kier molecular flexibility index (Phi) is 3.97. The molecule has 0 bridgehead atoms. The van der Waals surface area contributed by atoms with Gasteiger partial charge in [-0.2, -0.15) is 0 Å². The summed E-state index contributed by atoms with van der Waals surface area (Å²) in [4.78, 5) is 23.0. The molecule has 3 aromatic rings. The molecule has 0 fully saturated rings. The van der Waals surface area contributed by atoms with E-state index >= 15 is 0 Å². The molecule has 1 amide bonds. The normalized spacial score (nSPS) is 13.7. The molecular weight excluding hydrogens is 334 g/mol. The van der Waals surface area contributed by atoms with E-state index in [1.807, 2.05) is 55.6 Å². The van der Waals surface area contributed by atoms with Gasteiger partial charge >= 0.3 is 0 Å². The van der Waals surface area contributed by atoms with Crippen LogP contribution in [0.1, 0.15) is 13.8 Å². The molecule has 0 saturated carbocycles. The number of carbonyl (C=O) groups is 1. The Morgan fingerprint density at radius 2 is 2.08 bits per heavy atom. The van der Waals surface area contributed by atoms with Gasteiger partial charge in [-0.3, -0.25) is 9.78 Å². The lowest BCUT2D eigenvalue weighted by Gasteiger charge is -2.32. The average molecular weight is 351 g/mol. The maximum absolute atomic E-state index is 12.2. The predicted octanol–water partition coefficient (Wildman–Crippen LogP) is 4.01. The molecule has 3 heterocycles. The van der Waals surface area contributed by atoms with Crippen molar-refractivity contribution >= 4 is 22.9 Å². The first-order valence-electron chi connectivity index (χ1n) is 8.09. The van der Waals surface area contributed by atoms with Gasteiger partial charge in [-0.05, 0) is 44.2 Å². The number of amides is 1. The number of rotatable bonds is 3. The molecule has 0 saturated heterocycles. The van der Waals surface area contributed by atoms with E-state index in [9.17, 15) is 4.79 Å². The van der Waals surface area contributed by atoms with Gasteiger partial charge in [0.15, 0.2) is 6.61 Å². The third-order valence-electron chi connectivity index (χ3n) is 4.04. The van der Waals surface area contributed by atoms with Crippen LogP contribution in [0.2, 0.25) is 0 Å². The van der Waals surface area contributed by atoms with E-state index in [0.29, 0.717) is 0 Å². The highest BCUT2D eigenvalue weighted by atomic mass is 32.1. The summed E-state index contributed by atoms with van der Waals surface area (Å²) in [7, 11) is 0. The Labute approximate surface area is 149 Å². The third kappa shape index (κ3) is 2.89. The summed E-state index contributed by atoms with van der Waals surface area (Å²) in [5.74, 6) is 0.712. The largest absolute Gasteiger partial charge is 0.482 e. The van der Waals surface area contributed by atoms with Crippen LogP contribution in [0.15, 0.2) is 48.0 Å². The summed E-state index contributed by atoms with van der Waals surface area (Å²) in [5, 5.41) is 2.89. The predicted molar refractivity (Wildman–Crippen MR) is 98.9 cm³/mol. The van der Waals surface area contributed by atoms with Crippen LogP contribution < -0.4 is 9.64 Å². The van der Waals surface area contributed by atoms with Crippen LogP contribution in [0.5, 0.6) is 5.75 Å². The highest BCUT2D eigenvalue weighted by Crippen LogP contribution is 2.38. The Hall–Kier alpha value is -2.73. The fourth-order valence-corrected chi connectivity index (χ4v) is 3.71. The van der Waals surface area contributed by atoms with Crippen LogP contribution in [-0.2, 0) is 4.79 Å². The number of aromatic nitrogens is 2. The number of fused-ring (bicyclic) bond motifs is 1. The van der Waals surface area contributed by atoms with Crippen LogP contribution in [0.3, 0.4) is 0 Å². The van der Waals surface area contributed by atoms with Gasteiger partial charge in [0.25, 0.3) is 5.91 Å². The summed E-state index contributed by atoms with van der Waals surface area (Å²) < 4.78 is 5.56. The van der Waals surface area contributed by atoms with Crippen LogP contribution in [0.4, 0.5) is 5.69 Å². The highest BCUT2D eigenvalue weighted by molar-refractivity contribution is 7.13. The number of carbonyl (C=O) groups excluding carboxylic acids is 1. The lowest BCUT2D eigenvalue weighted by atomic mass is 10.1. The molecular formula is C19H17N3O2S. The first kappa shape index (κ1) is 15.8. The minimum absolute atomic E-state index is 0.0212. The zero-order chi connectivity index (χ0) is 17.4. The maximum atomic E-state index is 12.2. The quantitative estimate of drug-likeness (QED) is 0.715. The molecule has 1 aliphatic heterocycles. The number of benzene rings is 1. The van der Waals surface area contributed by atoms with Crippen molar-refractivity contribution in [2.24, 2.45) is 0 Å². The zero-order valence-electron chi connectivity index (χ0n) is 14.0. The molecule has 6 heteroatoms. The van der Waals surface area contributed by atoms with Crippen molar-refractivity contribution in [1.29, 1.82) is 0 Å². The van der Waals surface area contributed by atoms with E-state index in [1.54, 1.807) is 22.4 Å². The molecule has 126 valence electrons. The van der Waals surface area contributed by atoms with Crippen LogP contribution in [0.25, 0.3) is 22.0 Å². The number of anilines is 1. The van der Waals surface area contributed by atoms with Gasteiger partial charge in [-0.25, -0.2) is 4.98 Å². The molecule has 4 rings (SSSR count). The molecule has 1 aromatic carbocycles. The van der Waals surface area contributed by atoms with Gasteiger partial charge in [-0.1, -0.05) is 6.07 Å². The molecule has 1 aliphatic rings. The summed E-state index contributed by atoms with van der Waals surface area (Å²) in [5.41, 5.74) is 3.49. The monoisotopic (exact) mass is 351 g/mol. The van der Waals surface area contributed by atoms with Crippen molar-refractivity contribution in [3.05, 3.63) is 48.0 Å². The molecule has 0 spiro atoms. The van der Waals surface area contributed by atoms with E-state index in [4.69, 9.17) is 9.72 Å². The van der Waals surface area contributed by atoms with Crippen molar-refractivity contribution in [3.63, 3.8) is 0 Å². The van der Waals surface area contributed by atoms with Crippen LogP contribution >= 0.6 is 11.3 Å². The summed E-state index contributed by atoms with van der Waals surface area (Å²) in [6.07, 6.45) is 1.76. The molecule has 25 heavy (non-hydrogen) atoms. The van der Waals surface area contributed by atoms with E-state index < -0.39 is 0 Å². The van der Waals surface area contributed by atoms with E-state index in [2.05, 4.69) is 4.98 Å². The van der Waals surface area contributed by atoms with Gasteiger partial charge < -0.3 is 9.64 Å². The Morgan fingerprint density at radius 1 is 1.20 bits per heavy atom. The van der Waals surface area contributed by atoms with Crippen molar-refractivity contribution < 1.29 is 9.53 Å². The first-order chi connectivity index (χ1) is 12.1. The molecule has 0 radical (unpaired) electrons. The fraction of sp³-hybridized carbons (Fsp3) is 0.211. The van der Waals surface area contributed by atoms with Gasteiger partial charge in [0.2, 0.25) is 0 Å². The third-order valence-corrected chi connectivity index (χ3v) is 4.90. The number of ether oxygens (including phenoxy) is 1. The highest BCUT2D eigenvalue weighted by Gasteiger charge is 2.28. The minimum Gasteiger partial charge on any atom is -0.482 e. The van der Waals surface area contributed by atoms with E-state index in [-0.39, 0.29) is 18.6 Å². The number of thiazole rings is 1. The molecule has 2 aromatic heterocycles. The summed E-state index contributed by atoms with van der Waals surface area (Å²) in [6.45, 7) is 4.09. The lowest BCUT2D eigenvalue weighted by molar-refractivity contribution is -0.121. The summed E-state index contributed by atoms with van der Waals surface area (Å²) >= 11 is 1.56. The second-order valence-corrected chi connectivity index (χ2v) is 6.94. The van der Waals surface area contributed by atoms with Gasteiger partial charge in [0, 0.05) is 23.2 Å². The Balaban J connectivity index is 1.73. The second kappa shape index (κ2) is 6.29. The molecule has 5 nitrogen and oxygen atoms in total. The van der Waals surface area contributed by atoms with Crippen LogP contribution in [0, 0.1) is 0 Å². The molecule has 0 N–H and O–H groups in total. The average Bonchev–Trinajstić information content (AvgIpc) is 3.11. The molecule has 0 unspecified atom stereocenters. The van der Waals surface area contributed by atoms with Crippen molar-refractivity contribution in [2.75, 3.05) is 11.5 Å². The number of nitrogens with zero attached hydrogens (tertiary/aromatic N) is 3. The zero-order valence-corrected chi connectivity index (χ0v) is 14.8. The minimum atomic E-state index is -0.0212. The van der Waals surface area contributed by atoms with Crippen molar-refractivity contribution in [2.45, 2.75) is 19.9 Å². The van der Waals surface area contributed by atoms with Crippen molar-refractivity contribution in [3.8, 4) is 27.7 Å². The Morgan fingerprint density at radius 3 is 2.84 bits per heavy atom. The molecule has 0 aliphatic carbocycles. The second-order valence-electron chi connectivity index (χ2n) is 6.08. The van der Waals surface area contributed by atoms with Gasteiger partial charge in [0.05, 0.1) is 17.1 Å². The summed E-state index contributed by atoms with van der Waals surface area (Å²) in [6, 6.07) is 11.7. The molecule has 0 atom stereocenters.